The number of hydrazone groups is 1. The molecule has 0 radical (unpaired) electrons. The monoisotopic (exact) mass is 218 g/mol. The van der Waals surface area contributed by atoms with Gasteiger partial charge in [0.05, 0.1) is 6.42 Å². The van der Waals surface area contributed by atoms with Gasteiger partial charge in [0.1, 0.15) is 0 Å². The van der Waals surface area contributed by atoms with Crippen LogP contribution in [-0.2, 0) is 4.79 Å². The summed E-state index contributed by atoms with van der Waals surface area (Å²) in [5.41, 5.74) is 8.78. The molecule has 0 fully saturated rings. The molecule has 0 unspecified atom stereocenters. The molecule has 2 amide bonds. The molecular weight excluding hydrogens is 208 g/mol. The van der Waals surface area contributed by atoms with Crippen LogP contribution < -0.4 is 11.2 Å². The predicted molar refractivity (Wildman–Crippen MR) is 58.3 cm³/mol. The number of hydrazine groups is 1. The minimum Gasteiger partial charge on any atom is -0.399 e. The SMILES string of the molecule is Nc1cccc(C(=O)NN2N=CCC2=O)c1. The summed E-state index contributed by atoms with van der Waals surface area (Å²) in [5.74, 6) is -0.683. The van der Waals surface area contributed by atoms with E-state index in [9.17, 15) is 9.59 Å². The molecule has 82 valence electrons. The topological polar surface area (TPSA) is 87.8 Å². The van der Waals surface area contributed by atoms with Crippen LogP contribution in [0.4, 0.5) is 5.69 Å². The van der Waals surface area contributed by atoms with E-state index in [1.54, 1.807) is 18.2 Å². The molecule has 3 N–H and O–H groups in total. The highest BCUT2D eigenvalue weighted by atomic mass is 16.2. The van der Waals surface area contributed by atoms with E-state index in [1.807, 2.05) is 0 Å². The van der Waals surface area contributed by atoms with E-state index in [0.29, 0.717) is 11.3 Å². The van der Waals surface area contributed by atoms with Gasteiger partial charge in [-0.25, -0.2) is 5.43 Å². The summed E-state index contributed by atoms with van der Waals surface area (Å²) in [7, 11) is 0. The van der Waals surface area contributed by atoms with E-state index in [4.69, 9.17) is 5.73 Å². The Kier molecular flexibility index (Phi) is 2.55. The highest BCUT2D eigenvalue weighted by Gasteiger charge is 2.19. The Bertz CT molecular complexity index is 470. The van der Waals surface area contributed by atoms with Gasteiger partial charge < -0.3 is 5.73 Å². The number of anilines is 1. The first-order chi connectivity index (χ1) is 7.66. The molecule has 1 aliphatic rings. The van der Waals surface area contributed by atoms with Gasteiger partial charge in [0.2, 0.25) is 0 Å². The highest BCUT2D eigenvalue weighted by Crippen LogP contribution is 2.07. The van der Waals surface area contributed by atoms with Gasteiger partial charge in [-0.15, -0.1) is 5.12 Å². The fraction of sp³-hybridized carbons (Fsp3) is 0.100. The van der Waals surface area contributed by atoms with Crippen molar-refractivity contribution in [2.24, 2.45) is 5.10 Å². The third-order valence-corrected chi connectivity index (χ3v) is 2.06. The third-order valence-electron chi connectivity index (χ3n) is 2.06. The van der Waals surface area contributed by atoms with Crippen molar-refractivity contribution in [3.8, 4) is 0 Å². The van der Waals surface area contributed by atoms with Gasteiger partial charge in [-0.2, -0.15) is 5.10 Å². The predicted octanol–water partition coefficient (Wildman–Crippen LogP) is 0.132. The summed E-state index contributed by atoms with van der Waals surface area (Å²) in [6, 6.07) is 6.48. The van der Waals surface area contributed by atoms with Crippen LogP contribution in [-0.4, -0.2) is 23.1 Å². The van der Waals surface area contributed by atoms with Gasteiger partial charge in [-0.3, -0.25) is 9.59 Å². The maximum absolute atomic E-state index is 11.7. The van der Waals surface area contributed by atoms with Gasteiger partial charge in [0.15, 0.2) is 0 Å². The van der Waals surface area contributed by atoms with Crippen LogP contribution in [0.15, 0.2) is 29.4 Å². The summed E-state index contributed by atoms with van der Waals surface area (Å²) in [6.07, 6.45) is 1.64. The lowest BCUT2D eigenvalue weighted by molar-refractivity contribution is -0.130. The average molecular weight is 218 g/mol. The molecule has 1 aliphatic heterocycles. The zero-order chi connectivity index (χ0) is 11.5. The molecule has 0 spiro atoms. The third kappa shape index (κ3) is 2.00. The van der Waals surface area contributed by atoms with E-state index in [0.717, 1.165) is 5.12 Å². The molecule has 6 nitrogen and oxygen atoms in total. The summed E-state index contributed by atoms with van der Waals surface area (Å²) in [6.45, 7) is 0. The zero-order valence-corrected chi connectivity index (χ0v) is 8.38. The first kappa shape index (κ1) is 10.2. The molecule has 1 aromatic carbocycles. The molecule has 2 rings (SSSR count). The van der Waals surface area contributed by atoms with Crippen LogP contribution >= 0.6 is 0 Å². The molecule has 0 aliphatic carbocycles. The van der Waals surface area contributed by atoms with Crippen molar-refractivity contribution in [3.05, 3.63) is 29.8 Å². The molecule has 0 atom stereocenters. The fourth-order valence-corrected chi connectivity index (χ4v) is 1.28. The quantitative estimate of drug-likeness (QED) is 0.691. The second-order valence-electron chi connectivity index (χ2n) is 3.27. The molecule has 0 aromatic heterocycles. The maximum atomic E-state index is 11.7. The Hall–Kier alpha value is -2.37. The van der Waals surface area contributed by atoms with Crippen LogP contribution in [0.2, 0.25) is 0 Å². The van der Waals surface area contributed by atoms with Crippen molar-refractivity contribution < 1.29 is 9.59 Å². The lowest BCUT2D eigenvalue weighted by Gasteiger charge is -2.12. The molecule has 0 bridgehead atoms. The number of hydrogen-bond acceptors (Lipinski definition) is 4. The number of carbonyl (C=O) groups excluding carboxylic acids is 2. The van der Waals surface area contributed by atoms with Crippen LogP contribution in [0.1, 0.15) is 16.8 Å². The smallest absolute Gasteiger partial charge is 0.271 e. The van der Waals surface area contributed by atoms with E-state index < -0.39 is 5.91 Å². The normalized spacial score (nSPS) is 14.2. The van der Waals surface area contributed by atoms with Crippen LogP contribution in [0.5, 0.6) is 0 Å². The summed E-state index contributed by atoms with van der Waals surface area (Å²) in [4.78, 5) is 22.8. The van der Waals surface area contributed by atoms with E-state index in [1.165, 1.54) is 12.3 Å². The summed E-state index contributed by atoms with van der Waals surface area (Å²) in [5, 5.41) is 4.62. The Balaban J connectivity index is 2.08. The number of nitrogens with two attached hydrogens (primary N) is 1. The molecule has 1 aromatic rings. The lowest BCUT2D eigenvalue weighted by atomic mass is 10.2. The molecule has 6 heteroatoms. The number of benzene rings is 1. The van der Waals surface area contributed by atoms with E-state index in [-0.39, 0.29) is 12.3 Å². The first-order valence-electron chi connectivity index (χ1n) is 4.69. The van der Waals surface area contributed by atoms with Gasteiger partial charge in [0, 0.05) is 17.5 Å². The van der Waals surface area contributed by atoms with Crippen molar-refractivity contribution in [1.82, 2.24) is 10.5 Å². The van der Waals surface area contributed by atoms with Gasteiger partial charge in [0.25, 0.3) is 11.8 Å². The molecule has 0 saturated heterocycles. The lowest BCUT2D eigenvalue weighted by Crippen LogP contribution is -2.40. The fourth-order valence-electron chi connectivity index (χ4n) is 1.28. The molecule has 1 heterocycles. The van der Waals surface area contributed by atoms with Crippen LogP contribution in [0.3, 0.4) is 0 Å². The molecule has 0 saturated carbocycles. The van der Waals surface area contributed by atoms with E-state index in [2.05, 4.69) is 10.5 Å². The number of nitrogen functional groups attached to an aromatic ring is 1. The number of hydrogen-bond donors (Lipinski definition) is 2. The standard InChI is InChI=1S/C10H10N4O2/c11-8-3-1-2-7(6-8)10(16)13-14-9(15)4-5-12-14/h1-3,5-6H,4,11H2,(H,13,16). The maximum Gasteiger partial charge on any atom is 0.271 e. The molecule has 16 heavy (non-hydrogen) atoms. The first-order valence-corrected chi connectivity index (χ1v) is 4.69. The number of nitrogens with zero attached hydrogens (tertiary/aromatic N) is 2. The van der Waals surface area contributed by atoms with Crippen LogP contribution in [0.25, 0.3) is 0 Å². The van der Waals surface area contributed by atoms with Gasteiger partial charge in [-0.1, -0.05) is 6.07 Å². The number of carbonyl (C=O) groups is 2. The van der Waals surface area contributed by atoms with Crippen molar-refractivity contribution >= 4 is 23.7 Å². The second-order valence-corrected chi connectivity index (χ2v) is 3.27. The van der Waals surface area contributed by atoms with E-state index >= 15 is 0 Å². The minimum atomic E-state index is -0.417. The Morgan fingerprint density at radius 3 is 2.94 bits per heavy atom. The molecular formula is C10H10N4O2. The number of rotatable bonds is 2. The Morgan fingerprint density at radius 2 is 2.31 bits per heavy atom. The minimum absolute atomic E-state index is 0.206. The van der Waals surface area contributed by atoms with Crippen molar-refractivity contribution in [1.29, 1.82) is 0 Å². The van der Waals surface area contributed by atoms with Crippen molar-refractivity contribution in [3.63, 3.8) is 0 Å². The number of amides is 2. The number of nitrogens with one attached hydrogen (secondary N) is 1. The Labute approximate surface area is 91.7 Å². The zero-order valence-electron chi connectivity index (χ0n) is 8.38. The largest absolute Gasteiger partial charge is 0.399 e. The second kappa shape index (κ2) is 4.01. The van der Waals surface area contributed by atoms with Crippen molar-refractivity contribution in [2.75, 3.05) is 5.73 Å². The van der Waals surface area contributed by atoms with Gasteiger partial charge >= 0.3 is 0 Å². The Morgan fingerprint density at radius 1 is 1.50 bits per heavy atom. The average Bonchev–Trinajstić information content (AvgIpc) is 2.64. The van der Waals surface area contributed by atoms with Crippen LogP contribution in [0, 0.1) is 0 Å². The highest BCUT2D eigenvalue weighted by molar-refractivity contribution is 5.99. The summed E-state index contributed by atoms with van der Waals surface area (Å²) < 4.78 is 0. The summed E-state index contributed by atoms with van der Waals surface area (Å²) >= 11 is 0. The van der Waals surface area contributed by atoms with Gasteiger partial charge in [-0.05, 0) is 18.2 Å². The van der Waals surface area contributed by atoms with Crippen molar-refractivity contribution in [2.45, 2.75) is 6.42 Å².